The molecule has 2 rings (SSSR count). The molecule has 110 valence electrons. The van der Waals surface area contributed by atoms with Crippen molar-refractivity contribution in [1.29, 1.82) is 0 Å². The first-order valence-corrected chi connectivity index (χ1v) is 7.35. The fourth-order valence-electron chi connectivity index (χ4n) is 1.66. The third-order valence-corrected chi connectivity index (χ3v) is 3.76. The second-order valence-electron chi connectivity index (χ2n) is 4.15. The van der Waals surface area contributed by atoms with Crippen molar-refractivity contribution >= 4 is 21.5 Å². The number of aromatic carboxylic acids is 1. The highest BCUT2D eigenvalue weighted by atomic mass is 32.2. The molecule has 0 amide bonds. The molecule has 0 saturated heterocycles. The Balaban J connectivity index is 2.63. The van der Waals surface area contributed by atoms with Gasteiger partial charge in [0.1, 0.15) is 12.0 Å². The Morgan fingerprint density at radius 1 is 1.43 bits per heavy atom. The fraction of sp³-hybridized carbons (Fsp3) is 0.0909. The van der Waals surface area contributed by atoms with Crippen LogP contribution in [0.3, 0.4) is 0 Å². The van der Waals surface area contributed by atoms with Gasteiger partial charge in [0.2, 0.25) is 0 Å². The molecule has 0 spiro atoms. The summed E-state index contributed by atoms with van der Waals surface area (Å²) in [6.07, 6.45) is 3.14. The van der Waals surface area contributed by atoms with Gasteiger partial charge in [-0.25, -0.2) is 18.2 Å². The van der Waals surface area contributed by atoms with Crippen LogP contribution in [0.1, 0.15) is 10.5 Å². The first-order chi connectivity index (χ1) is 9.70. The molecule has 1 aromatic carbocycles. The second kappa shape index (κ2) is 4.98. The fourth-order valence-corrected chi connectivity index (χ4v) is 2.30. The predicted molar refractivity (Wildman–Crippen MR) is 70.3 cm³/mol. The van der Waals surface area contributed by atoms with E-state index in [1.54, 1.807) is 0 Å². The number of hydrogen-bond donors (Lipinski definition) is 1. The molecule has 0 unspecified atom stereocenters. The molecule has 0 aliphatic carbocycles. The number of sulfone groups is 1. The van der Waals surface area contributed by atoms with Gasteiger partial charge in [-0.1, -0.05) is 0 Å². The quantitative estimate of drug-likeness (QED) is 0.654. The van der Waals surface area contributed by atoms with Crippen molar-refractivity contribution in [3.63, 3.8) is 0 Å². The van der Waals surface area contributed by atoms with E-state index in [-0.39, 0.29) is 16.3 Å². The Hall–Kier alpha value is -2.75. The van der Waals surface area contributed by atoms with Gasteiger partial charge >= 0.3 is 5.97 Å². The number of benzene rings is 1. The topological polar surface area (TPSA) is 132 Å². The Labute approximate surface area is 118 Å². The molecule has 0 fully saturated rings. The molecule has 1 aromatic heterocycles. The summed E-state index contributed by atoms with van der Waals surface area (Å²) in [4.78, 5) is 24.5. The number of nitrogens with zero attached hydrogens (tertiary/aromatic N) is 3. The number of imidazole rings is 1. The standard InChI is InChI=1S/C11H9N3O6S/c1-21(19,20)7-2-3-9(10(4-7)14(17)18)13-5-8(11(15)16)12-6-13/h2-6H,1H3,(H,15,16). The van der Waals surface area contributed by atoms with Crippen LogP contribution in [0.2, 0.25) is 0 Å². The van der Waals surface area contributed by atoms with E-state index in [9.17, 15) is 23.3 Å². The molecular formula is C11H9N3O6S. The molecule has 0 saturated carbocycles. The van der Waals surface area contributed by atoms with Gasteiger partial charge in [0.05, 0.1) is 9.82 Å². The largest absolute Gasteiger partial charge is 0.476 e. The summed E-state index contributed by atoms with van der Waals surface area (Å²) in [6, 6.07) is 3.35. The smallest absolute Gasteiger partial charge is 0.356 e. The van der Waals surface area contributed by atoms with Crippen LogP contribution in [-0.2, 0) is 9.84 Å². The second-order valence-corrected chi connectivity index (χ2v) is 6.17. The van der Waals surface area contributed by atoms with Gasteiger partial charge in [-0.05, 0) is 12.1 Å². The maximum absolute atomic E-state index is 11.4. The highest BCUT2D eigenvalue weighted by Gasteiger charge is 2.20. The molecule has 1 heterocycles. The van der Waals surface area contributed by atoms with E-state index in [0.717, 1.165) is 29.4 Å². The summed E-state index contributed by atoms with van der Waals surface area (Å²) in [5.41, 5.74) is -0.726. The third-order valence-electron chi connectivity index (χ3n) is 2.65. The minimum Gasteiger partial charge on any atom is -0.476 e. The lowest BCUT2D eigenvalue weighted by molar-refractivity contribution is -0.384. The number of carboxylic acid groups (broad SMARTS) is 1. The van der Waals surface area contributed by atoms with E-state index in [1.807, 2.05) is 0 Å². The average molecular weight is 311 g/mol. The van der Waals surface area contributed by atoms with Crippen LogP contribution in [0, 0.1) is 10.1 Å². The number of carbonyl (C=O) groups is 1. The third kappa shape index (κ3) is 2.89. The zero-order chi connectivity index (χ0) is 15.8. The van der Waals surface area contributed by atoms with Gasteiger partial charge in [0, 0.05) is 18.5 Å². The first kappa shape index (κ1) is 14.7. The lowest BCUT2D eigenvalue weighted by Gasteiger charge is -2.05. The number of nitro benzene ring substituents is 1. The van der Waals surface area contributed by atoms with Crippen LogP contribution in [0.5, 0.6) is 0 Å². The van der Waals surface area contributed by atoms with Crippen LogP contribution in [-0.4, -0.2) is 40.2 Å². The molecule has 10 heteroatoms. The molecule has 0 atom stereocenters. The van der Waals surface area contributed by atoms with Crippen molar-refractivity contribution in [3.05, 3.63) is 46.5 Å². The number of hydrogen-bond acceptors (Lipinski definition) is 6. The monoisotopic (exact) mass is 311 g/mol. The number of aromatic nitrogens is 2. The van der Waals surface area contributed by atoms with Crippen molar-refractivity contribution < 1.29 is 23.2 Å². The molecule has 0 bridgehead atoms. The van der Waals surface area contributed by atoms with Crippen molar-refractivity contribution in [1.82, 2.24) is 9.55 Å². The molecule has 21 heavy (non-hydrogen) atoms. The van der Waals surface area contributed by atoms with Crippen LogP contribution < -0.4 is 0 Å². The zero-order valence-corrected chi connectivity index (χ0v) is 11.4. The minimum absolute atomic E-state index is 0.0207. The minimum atomic E-state index is -3.59. The van der Waals surface area contributed by atoms with E-state index >= 15 is 0 Å². The Kier molecular flexibility index (Phi) is 3.47. The Bertz CT molecular complexity index is 839. The lowest BCUT2D eigenvalue weighted by atomic mass is 10.2. The first-order valence-electron chi connectivity index (χ1n) is 5.46. The summed E-state index contributed by atoms with van der Waals surface area (Å²) in [6.45, 7) is 0. The van der Waals surface area contributed by atoms with E-state index in [1.165, 1.54) is 12.1 Å². The normalized spacial score (nSPS) is 11.3. The summed E-state index contributed by atoms with van der Waals surface area (Å²) in [5, 5.41) is 19.9. The summed E-state index contributed by atoms with van der Waals surface area (Å²) in [5.74, 6) is -1.27. The van der Waals surface area contributed by atoms with Crippen molar-refractivity contribution in [2.75, 3.05) is 6.26 Å². The van der Waals surface area contributed by atoms with Gasteiger partial charge < -0.3 is 5.11 Å². The van der Waals surface area contributed by atoms with Gasteiger partial charge in [-0.15, -0.1) is 0 Å². The summed E-state index contributed by atoms with van der Waals surface area (Å²) >= 11 is 0. The number of carboxylic acids is 1. The summed E-state index contributed by atoms with van der Waals surface area (Å²) in [7, 11) is -3.59. The van der Waals surface area contributed by atoms with E-state index in [4.69, 9.17) is 5.11 Å². The van der Waals surface area contributed by atoms with E-state index in [0.29, 0.717) is 0 Å². The molecule has 2 aromatic rings. The van der Waals surface area contributed by atoms with E-state index in [2.05, 4.69) is 4.98 Å². The molecule has 0 aliphatic heterocycles. The van der Waals surface area contributed by atoms with Crippen molar-refractivity contribution in [2.45, 2.75) is 4.90 Å². The van der Waals surface area contributed by atoms with Crippen LogP contribution >= 0.6 is 0 Å². The van der Waals surface area contributed by atoms with Gasteiger partial charge in [0.15, 0.2) is 15.5 Å². The van der Waals surface area contributed by atoms with Crippen LogP contribution in [0.15, 0.2) is 35.6 Å². The molecule has 0 aliphatic rings. The molecule has 1 N–H and O–H groups in total. The maximum atomic E-state index is 11.4. The highest BCUT2D eigenvalue weighted by molar-refractivity contribution is 7.90. The summed E-state index contributed by atoms with van der Waals surface area (Å²) < 4.78 is 24.0. The zero-order valence-electron chi connectivity index (χ0n) is 10.6. The molecule has 0 radical (unpaired) electrons. The van der Waals surface area contributed by atoms with Crippen molar-refractivity contribution in [3.8, 4) is 5.69 Å². The van der Waals surface area contributed by atoms with E-state index < -0.39 is 26.4 Å². The molecular weight excluding hydrogens is 302 g/mol. The van der Waals surface area contributed by atoms with Crippen LogP contribution in [0.4, 0.5) is 5.69 Å². The molecule has 9 nitrogen and oxygen atoms in total. The number of rotatable bonds is 4. The van der Waals surface area contributed by atoms with Crippen LogP contribution in [0.25, 0.3) is 5.69 Å². The lowest BCUT2D eigenvalue weighted by Crippen LogP contribution is -2.03. The Morgan fingerprint density at radius 2 is 2.10 bits per heavy atom. The van der Waals surface area contributed by atoms with Gasteiger partial charge in [-0.2, -0.15) is 0 Å². The van der Waals surface area contributed by atoms with Gasteiger partial charge in [-0.3, -0.25) is 14.7 Å². The SMILES string of the molecule is CS(=O)(=O)c1ccc(-n2cnc(C(=O)O)c2)c([N+](=O)[O-])c1. The van der Waals surface area contributed by atoms with Crippen molar-refractivity contribution in [2.24, 2.45) is 0 Å². The predicted octanol–water partition coefficient (Wildman–Crippen LogP) is 0.882. The highest BCUT2D eigenvalue weighted by Crippen LogP contribution is 2.26. The maximum Gasteiger partial charge on any atom is 0.356 e. The van der Waals surface area contributed by atoms with Gasteiger partial charge in [0.25, 0.3) is 5.69 Å². The Morgan fingerprint density at radius 3 is 2.57 bits per heavy atom. The average Bonchev–Trinajstić information content (AvgIpc) is 2.86. The number of nitro groups is 1.